The van der Waals surface area contributed by atoms with Crippen LogP contribution in [-0.2, 0) is 9.47 Å². The van der Waals surface area contributed by atoms with Crippen molar-refractivity contribution in [2.24, 2.45) is 11.0 Å². The molecule has 0 aliphatic carbocycles. The number of ether oxygens (including phenoxy) is 2. The summed E-state index contributed by atoms with van der Waals surface area (Å²) in [5.74, 6) is 0.498. The Labute approximate surface area is 186 Å². The zero-order valence-corrected chi connectivity index (χ0v) is 21.7. The van der Waals surface area contributed by atoms with Gasteiger partial charge in [0, 0.05) is 18.0 Å². The second-order valence-corrected chi connectivity index (χ2v) is 6.53. The average molecular weight is 431 g/mol. The van der Waals surface area contributed by atoms with Crippen LogP contribution in [0.4, 0.5) is 0 Å². The molecule has 0 radical (unpaired) electrons. The first-order chi connectivity index (χ1) is 14.4. The third-order valence-corrected chi connectivity index (χ3v) is 3.44. The van der Waals surface area contributed by atoms with Gasteiger partial charge in [0.15, 0.2) is 6.29 Å². The molecule has 1 fully saturated rings. The summed E-state index contributed by atoms with van der Waals surface area (Å²) in [7, 11) is 0. The second kappa shape index (κ2) is 23.6. The van der Waals surface area contributed by atoms with Crippen LogP contribution >= 0.6 is 0 Å². The van der Waals surface area contributed by atoms with Gasteiger partial charge in [-0.3, -0.25) is 5.43 Å². The maximum Gasteiger partial charge on any atom is 0.160 e. The Morgan fingerprint density at radius 3 is 1.47 bits per heavy atom. The van der Waals surface area contributed by atoms with Gasteiger partial charge in [-0.25, -0.2) is 0 Å². The van der Waals surface area contributed by atoms with Gasteiger partial charge in [-0.15, -0.1) is 10.2 Å². The van der Waals surface area contributed by atoms with Gasteiger partial charge in [-0.2, -0.15) is 5.10 Å². The zero-order chi connectivity index (χ0) is 23.9. The molecule has 0 amide bonds. The standard InChI is InChI=1S/C6H12O2.C5H11N3.C5H9N3.3C2H6/c1-5(2)6-7-3-4-8-6;2*1-5(2)8-3-6-7-4-8;3*1-2/h5-6H,3-4H2,1-2H3;3,5,7H,4H2,1-2H3;3-5H,1-2H3;3*1-2H3. The second-order valence-electron chi connectivity index (χ2n) is 6.53. The van der Waals surface area contributed by atoms with Gasteiger partial charge < -0.3 is 18.9 Å². The quantitative estimate of drug-likeness (QED) is 0.714. The lowest BCUT2D eigenvalue weighted by molar-refractivity contribution is -0.0732. The maximum absolute atomic E-state index is 5.19. The molecule has 0 saturated carbocycles. The first-order valence-electron chi connectivity index (χ1n) is 11.5. The highest BCUT2D eigenvalue weighted by atomic mass is 16.7. The van der Waals surface area contributed by atoms with Crippen molar-refractivity contribution < 1.29 is 9.47 Å². The number of nitrogens with one attached hydrogen (secondary N) is 1. The SMILES string of the molecule is CC.CC.CC.CC(C)C1OCCO1.CC(C)N1C=NNC1.CC(C)n1cnnc1. The third kappa shape index (κ3) is 17.2. The molecule has 0 bridgehead atoms. The Bertz CT molecular complexity index is 444. The zero-order valence-electron chi connectivity index (χ0n) is 21.7. The molecule has 3 rings (SSSR count). The Kier molecular flexibility index (Phi) is 26.0. The van der Waals surface area contributed by atoms with E-state index in [0.29, 0.717) is 18.0 Å². The van der Waals surface area contributed by atoms with E-state index in [2.05, 4.69) is 67.2 Å². The third-order valence-electron chi connectivity index (χ3n) is 3.44. The lowest BCUT2D eigenvalue weighted by Gasteiger charge is -2.16. The molecule has 0 atom stereocenters. The number of hydrazone groups is 1. The summed E-state index contributed by atoms with van der Waals surface area (Å²) >= 11 is 0. The number of nitrogens with zero attached hydrogens (tertiary/aromatic N) is 5. The molecule has 8 nitrogen and oxygen atoms in total. The molecule has 1 saturated heterocycles. The van der Waals surface area contributed by atoms with Crippen LogP contribution in [-0.4, -0.2) is 58.2 Å². The molecule has 8 heteroatoms. The fraction of sp³-hybridized carbons (Fsp3) is 0.864. The van der Waals surface area contributed by atoms with Gasteiger partial charge in [0.1, 0.15) is 25.7 Å². The van der Waals surface area contributed by atoms with Crippen LogP contribution < -0.4 is 5.43 Å². The van der Waals surface area contributed by atoms with Crippen molar-refractivity contribution in [3.63, 3.8) is 0 Å². The minimum absolute atomic E-state index is 0.0648. The molecule has 1 N–H and O–H groups in total. The summed E-state index contributed by atoms with van der Waals surface area (Å²) in [5.41, 5.74) is 2.85. The summed E-state index contributed by atoms with van der Waals surface area (Å²) in [6.45, 7) is 27.0. The van der Waals surface area contributed by atoms with Gasteiger partial charge in [0.25, 0.3) is 0 Å². The molecule has 0 spiro atoms. The fourth-order valence-electron chi connectivity index (χ4n) is 1.83. The summed E-state index contributed by atoms with van der Waals surface area (Å²) in [6, 6.07) is 1.04. The van der Waals surface area contributed by atoms with Crippen molar-refractivity contribution in [3.05, 3.63) is 12.7 Å². The smallest absolute Gasteiger partial charge is 0.160 e. The topological polar surface area (TPSA) is 76.8 Å². The number of hydrogen-bond donors (Lipinski definition) is 1. The van der Waals surface area contributed by atoms with Crippen LogP contribution in [0.1, 0.15) is 89.1 Å². The minimum Gasteiger partial charge on any atom is -0.350 e. The average Bonchev–Trinajstić information content (AvgIpc) is 3.56. The number of rotatable bonds is 3. The van der Waals surface area contributed by atoms with Crippen molar-refractivity contribution in [2.75, 3.05) is 19.9 Å². The normalized spacial score (nSPS) is 14.2. The fourth-order valence-corrected chi connectivity index (χ4v) is 1.83. The predicted octanol–water partition coefficient (Wildman–Crippen LogP) is 5.15. The van der Waals surface area contributed by atoms with Crippen molar-refractivity contribution >= 4 is 6.34 Å². The van der Waals surface area contributed by atoms with Crippen LogP contribution in [0.5, 0.6) is 0 Å². The summed E-state index contributed by atoms with van der Waals surface area (Å²) in [5, 5.41) is 11.1. The van der Waals surface area contributed by atoms with Crippen molar-refractivity contribution in [2.45, 2.75) is 101 Å². The lowest BCUT2D eigenvalue weighted by Crippen LogP contribution is -2.29. The van der Waals surface area contributed by atoms with Crippen LogP contribution in [0.25, 0.3) is 0 Å². The van der Waals surface area contributed by atoms with Crippen LogP contribution in [0, 0.1) is 5.92 Å². The van der Waals surface area contributed by atoms with Gasteiger partial charge in [0.2, 0.25) is 0 Å². The molecule has 2 aliphatic heterocycles. The van der Waals surface area contributed by atoms with E-state index in [1.54, 1.807) is 12.7 Å². The Hall–Kier alpha value is -1.67. The monoisotopic (exact) mass is 430 g/mol. The van der Waals surface area contributed by atoms with Gasteiger partial charge in [-0.05, 0) is 27.7 Å². The van der Waals surface area contributed by atoms with Crippen LogP contribution in [0.3, 0.4) is 0 Å². The highest BCUT2D eigenvalue weighted by molar-refractivity contribution is 5.56. The van der Waals surface area contributed by atoms with Crippen molar-refractivity contribution in [1.82, 2.24) is 25.1 Å². The van der Waals surface area contributed by atoms with Crippen LogP contribution in [0.15, 0.2) is 17.8 Å². The number of hydrogen-bond acceptors (Lipinski definition) is 7. The highest BCUT2D eigenvalue weighted by Crippen LogP contribution is 2.12. The van der Waals surface area contributed by atoms with Crippen LogP contribution in [0.2, 0.25) is 0 Å². The Morgan fingerprint density at radius 2 is 1.27 bits per heavy atom. The van der Waals surface area contributed by atoms with E-state index < -0.39 is 0 Å². The van der Waals surface area contributed by atoms with E-state index in [9.17, 15) is 0 Å². The van der Waals surface area contributed by atoms with Crippen molar-refractivity contribution in [1.29, 1.82) is 0 Å². The summed E-state index contributed by atoms with van der Waals surface area (Å²) < 4.78 is 12.3. The molecular formula is C22H50N6O2. The first-order valence-corrected chi connectivity index (χ1v) is 11.5. The minimum atomic E-state index is 0.0648. The molecule has 0 aromatic carbocycles. The van der Waals surface area contributed by atoms with Gasteiger partial charge in [-0.1, -0.05) is 55.4 Å². The van der Waals surface area contributed by atoms with Gasteiger partial charge in [0.05, 0.1) is 13.2 Å². The molecule has 1 aromatic rings. The summed E-state index contributed by atoms with van der Waals surface area (Å²) in [6.07, 6.45) is 5.31. The van der Waals surface area contributed by atoms with E-state index in [1.807, 2.05) is 52.4 Å². The molecule has 3 heterocycles. The van der Waals surface area contributed by atoms with E-state index in [1.165, 1.54) is 0 Å². The molecule has 2 aliphatic rings. The molecule has 180 valence electrons. The predicted molar refractivity (Wildman–Crippen MR) is 128 cm³/mol. The summed E-state index contributed by atoms with van der Waals surface area (Å²) in [4.78, 5) is 2.12. The highest BCUT2D eigenvalue weighted by Gasteiger charge is 2.18. The lowest BCUT2D eigenvalue weighted by atomic mass is 10.2. The van der Waals surface area contributed by atoms with Crippen molar-refractivity contribution in [3.8, 4) is 0 Å². The first kappa shape index (κ1) is 33.0. The molecule has 0 unspecified atom stereocenters. The molecule has 30 heavy (non-hydrogen) atoms. The number of aromatic nitrogens is 3. The van der Waals surface area contributed by atoms with Gasteiger partial charge >= 0.3 is 0 Å². The Balaban J connectivity index is -0.000000323. The van der Waals surface area contributed by atoms with E-state index in [0.717, 1.165) is 19.9 Å². The molecule has 1 aromatic heterocycles. The largest absolute Gasteiger partial charge is 0.350 e. The van der Waals surface area contributed by atoms with E-state index in [4.69, 9.17) is 9.47 Å². The van der Waals surface area contributed by atoms with E-state index >= 15 is 0 Å². The molecular weight excluding hydrogens is 380 g/mol. The van der Waals surface area contributed by atoms with E-state index in [-0.39, 0.29) is 6.29 Å². The maximum atomic E-state index is 5.19. The Morgan fingerprint density at radius 1 is 0.800 bits per heavy atom.